The van der Waals surface area contributed by atoms with E-state index in [9.17, 15) is 23.6 Å². The third-order valence-corrected chi connectivity index (χ3v) is 6.84. The van der Waals surface area contributed by atoms with Crippen LogP contribution in [0.25, 0.3) is 0 Å². The van der Waals surface area contributed by atoms with Crippen LogP contribution in [0.2, 0.25) is 0 Å². The lowest BCUT2D eigenvalue weighted by atomic mass is 10.1. The Morgan fingerprint density at radius 1 is 1.19 bits per heavy atom. The van der Waals surface area contributed by atoms with E-state index >= 15 is 0 Å². The second-order valence-electron chi connectivity index (χ2n) is 10.6. The Kier molecular flexibility index (Phi) is 6.91. The molecule has 37 heavy (non-hydrogen) atoms. The van der Waals surface area contributed by atoms with E-state index in [0.29, 0.717) is 17.5 Å². The number of hydrogen-bond acceptors (Lipinski definition) is 7. The summed E-state index contributed by atoms with van der Waals surface area (Å²) in [7, 11) is 1.23. The van der Waals surface area contributed by atoms with E-state index in [1.54, 1.807) is 39.0 Å². The van der Waals surface area contributed by atoms with Gasteiger partial charge in [-0.3, -0.25) is 14.6 Å². The van der Waals surface area contributed by atoms with E-state index in [1.165, 1.54) is 23.0 Å². The second kappa shape index (κ2) is 9.68. The molecule has 3 amide bonds. The Balaban J connectivity index is 1.47. The SMILES string of the molecule is C=CC1C[C@]1(NC(=O)[C@@H]1C[C@@H](OC(=O)N2Cc3cccc(F)c3C2)CN1C(=O)OC(C)(C)C)C(=O)OC. The van der Waals surface area contributed by atoms with Gasteiger partial charge in [0.1, 0.15) is 29.1 Å². The monoisotopic (exact) mass is 517 g/mol. The van der Waals surface area contributed by atoms with E-state index < -0.39 is 47.3 Å². The predicted octanol–water partition coefficient (Wildman–Crippen LogP) is 2.89. The first-order valence-corrected chi connectivity index (χ1v) is 12.1. The molecule has 0 bridgehead atoms. The molecule has 2 fully saturated rings. The van der Waals surface area contributed by atoms with Gasteiger partial charge in [0.05, 0.1) is 20.2 Å². The molecule has 4 rings (SSSR count). The molecular formula is C26H32FN3O7. The Morgan fingerprint density at radius 3 is 2.51 bits per heavy atom. The van der Waals surface area contributed by atoms with Crippen LogP contribution in [0.1, 0.15) is 44.7 Å². The third kappa shape index (κ3) is 5.26. The zero-order valence-electron chi connectivity index (χ0n) is 21.4. The summed E-state index contributed by atoms with van der Waals surface area (Å²) in [6.07, 6.45) is -0.331. The number of benzene rings is 1. The zero-order chi connectivity index (χ0) is 27.1. The number of ether oxygens (including phenoxy) is 3. The van der Waals surface area contributed by atoms with Gasteiger partial charge in [-0.25, -0.2) is 18.8 Å². The van der Waals surface area contributed by atoms with Crippen molar-refractivity contribution in [3.05, 3.63) is 47.8 Å². The summed E-state index contributed by atoms with van der Waals surface area (Å²) < 4.78 is 30.1. The lowest BCUT2D eigenvalue weighted by Gasteiger charge is -2.28. The van der Waals surface area contributed by atoms with Crippen LogP contribution in [0, 0.1) is 11.7 Å². The summed E-state index contributed by atoms with van der Waals surface area (Å²) in [4.78, 5) is 54.2. The fourth-order valence-electron chi connectivity index (χ4n) is 4.87. The average molecular weight is 518 g/mol. The van der Waals surface area contributed by atoms with Gasteiger partial charge in [-0.2, -0.15) is 0 Å². The van der Waals surface area contributed by atoms with Crippen LogP contribution in [0.5, 0.6) is 0 Å². The van der Waals surface area contributed by atoms with Crippen molar-refractivity contribution >= 4 is 24.1 Å². The first kappa shape index (κ1) is 26.4. The number of carbonyl (C=O) groups is 4. The molecule has 11 heteroatoms. The Morgan fingerprint density at radius 2 is 1.92 bits per heavy atom. The van der Waals surface area contributed by atoms with Crippen molar-refractivity contribution in [2.45, 2.75) is 70.0 Å². The van der Waals surface area contributed by atoms with Crippen LogP contribution in [0.4, 0.5) is 14.0 Å². The topological polar surface area (TPSA) is 114 Å². The Bertz CT molecular complexity index is 1130. The minimum atomic E-state index is -1.24. The molecule has 1 N–H and O–H groups in total. The van der Waals surface area contributed by atoms with Crippen molar-refractivity contribution < 1.29 is 37.8 Å². The Hall–Kier alpha value is -3.63. The van der Waals surface area contributed by atoms with Crippen molar-refractivity contribution in [2.24, 2.45) is 5.92 Å². The molecular weight excluding hydrogens is 485 g/mol. The molecule has 3 aliphatic rings. The van der Waals surface area contributed by atoms with Gasteiger partial charge >= 0.3 is 18.2 Å². The lowest BCUT2D eigenvalue weighted by molar-refractivity contribution is -0.147. The number of esters is 1. The molecule has 1 saturated heterocycles. The van der Waals surface area contributed by atoms with Gasteiger partial charge in [0, 0.05) is 24.4 Å². The fourth-order valence-corrected chi connectivity index (χ4v) is 4.87. The van der Waals surface area contributed by atoms with Gasteiger partial charge in [-0.05, 0) is 38.8 Å². The van der Waals surface area contributed by atoms with E-state index in [0.717, 1.165) is 0 Å². The van der Waals surface area contributed by atoms with Crippen molar-refractivity contribution in [1.82, 2.24) is 15.1 Å². The largest absolute Gasteiger partial charge is 0.467 e. The van der Waals surface area contributed by atoms with Crippen molar-refractivity contribution in [3.63, 3.8) is 0 Å². The maximum absolute atomic E-state index is 14.1. The highest BCUT2D eigenvalue weighted by Crippen LogP contribution is 2.45. The highest BCUT2D eigenvalue weighted by atomic mass is 19.1. The molecule has 1 aromatic carbocycles. The molecule has 1 aromatic rings. The van der Waals surface area contributed by atoms with Crippen molar-refractivity contribution in [1.29, 1.82) is 0 Å². The number of fused-ring (bicyclic) bond motifs is 1. The van der Waals surface area contributed by atoms with Crippen LogP contribution in [-0.2, 0) is 36.9 Å². The first-order chi connectivity index (χ1) is 17.4. The summed E-state index contributed by atoms with van der Waals surface area (Å²) in [6.45, 7) is 8.97. The quantitative estimate of drug-likeness (QED) is 0.363. The normalized spacial score (nSPS) is 26.2. The maximum Gasteiger partial charge on any atom is 0.411 e. The molecule has 1 aliphatic carbocycles. The summed E-state index contributed by atoms with van der Waals surface area (Å²) in [5.41, 5.74) is -0.929. The molecule has 4 atom stereocenters. The van der Waals surface area contributed by atoms with E-state index in [-0.39, 0.29) is 37.8 Å². The van der Waals surface area contributed by atoms with Gasteiger partial charge < -0.3 is 19.5 Å². The molecule has 1 saturated carbocycles. The number of likely N-dealkylation sites (tertiary alicyclic amines) is 1. The summed E-state index contributed by atoms with van der Waals surface area (Å²) in [6, 6.07) is 3.62. The van der Waals surface area contributed by atoms with E-state index in [2.05, 4.69) is 11.9 Å². The predicted molar refractivity (Wildman–Crippen MR) is 128 cm³/mol. The maximum atomic E-state index is 14.1. The lowest BCUT2D eigenvalue weighted by Crippen LogP contribution is -2.53. The molecule has 2 heterocycles. The number of halogens is 1. The minimum absolute atomic E-state index is 0.00196. The first-order valence-electron chi connectivity index (χ1n) is 12.1. The number of hydrogen-bond donors (Lipinski definition) is 1. The molecule has 2 aliphatic heterocycles. The van der Waals surface area contributed by atoms with Crippen LogP contribution >= 0.6 is 0 Å². The zero-order valence-corrected chi connectivity index (χ0v) is 21.4. The average Bonchev–Trinajstić information content (AvgIpc) is 3.16. The number of carbonyl (C=O) groups excluding carboxylic acids is 4. The van der Waals surface area contributed by atoms with Crippen LogP contribution in [0.3, 0.4) is 0 Å². The van der Waals surface area contributed by atoms with Gasteiger partial charge in [0.25, 0.3) is 0 Å². The third-order valence-electron chi connectivity index (χ3n) is 6.84. The summed E-state index contributed by atoms with van der Waals surface area (Å²) >= 11 is 0. The second-order valence-corrected chi connectivity index (χ2v) is 10.6. The molecule has 200 valence electrons. The number of nitrogens with one attached hydrogen (secondary N) is 1. The van der Waals surface area contributed by atoms with Gasteiger partial charge in [-0.1, -0.05) is 18.2 Å². The molecule has 1 unspecified atom stereocenters. The van der Waals surface area contributed by atoms with E-state index in [1.807, 2.05) is 0 Å². The number of nitrogens with zero attached hydrogens (tertiary/aromatic N) is 2. The van der Waals surface area contributed by atoms with Crippen molar-refractivity contribution in [3.8, 4) is 0 Å². The fraction of sp³-hybridized carbons (Fsp3) is 0.538. The number of amides is 3. The number of methoxy groups -OCH3 is 1. The molecule has 0 radical (unpaired) electrons. The van der Waals surface area contributed by atoms with Gasteiger partial charge in [0.2, 0.25) is 5.91 Å². The van der Waals surface area contributed by atoms with Gasteiger partial charge in [0.15, 0.2) is 0 Å². The van der Waals surface area contributed by atoms with Crippen LogP contribution in [-0.4, -0.2) is 70.8 Å². The summed E-state index contributed by atoms with van der Waals surface area (Å²) in [5.74, 6) is -1.88. The van der Waals surface area contributed by atoms with Crippen LogP contribution in [0.15, 0.2) is 30.9 Å². The summed E-state index contributed by atoms with van der Waals surface area (Å²) in [5, 5.41) is 2.73. The van der Waals surface area contributed by atoms with Crippen LogP contribution < -0.4 is 5.32 Å². The smallest absolute Gasteiger partial charge is 0.411 e. The molecule has 0 aromatic heterocycles. The molecule has 10 nitrogen and oxygen atoms in total. The van der Waals surface area contributed by atoms with Crippen molar-refractivity contribution in [2.75, 3.05) is 13.7 Å². The van der Waals surface area contributed by atoms with Gasteiger partial charge in [-0.15, -0.1) is 6.58 Å². The van der Waals surface area contributed by atoms with E-state index in [4.69, 9.17) is 14.2 Å². The minimum Gasteiger partial charge on any atom is -0.467 e. The Labute approximate surface area is 214 Å². The highest BCUT2D eigenvalue weighted by molar-refractivity contribution is 5.95. The highest BCUT2D eigenvalue weighted by Gasteiger charge is 2.62. The molecule has 0 spiro atoms. The number of rotatable bonds is 5. The standard InChI is InChI=1S/C26H32FN3O7/c1-6-16-11-26(16,22(32)35-5)28-21(31)20-10-17(13-30(20)24(34)37-25(2,3)4)36-23(33)29-12-15-8-7-9-19(27)18(15)14-29/h6-9,16-17,20H,1,10-14H2,2-5H3,(H,28,31)/t16?,17-,20+,26-/m1/s1.